The van der Waals surface area contributed by atoms with E-state index >= 15 is 0 Å². The van der Waals surface area contributed by atoms with Gasteiger partial charge < -0.3 is 10.2 Å². The number of hydrogen-bond donors (Lipinski definition) is 1. The number of hydrogen-bond acceptors (Lipinski definition) is 4. The number of benzene rings is 2. The highest BCUT2D eigenvalue weighted by molar-refractivity contribution is 7.92. The van der Waals surface area contributed by atoms with Crippen molar-refractivity contribution in [1.29, 1.82) is 0 Å². The zero-order chi connectivity index (χ0) is 27.8. The molecule has 0 aliphatic carbocycles. The summed E-state index contributed by atoms with van der Waals surface area (Å²) in [7, 11) is -3.53. The van der Waals surface area contributed by atoms with Crippen LogP contribution in [0.15, 0.2) is 42.5 Å². The van der Waals surface area contributed by atoms with Crippen LogP contribution in [0.2, 0.25) is 0 Å². The Morgan fingerprint density at radius 2 is 1.68 bits per heavy atom. The molecule has 0 fully saturated rings. The largest absolute Gasteiger partial charge is 0.352 e. The second kappa shape index (κ2) is 13.6. The van der Waals surface area contributed by atoms with Crippen LogP contribution in [0.1, 0.15) is 68.7 Å². The lowest BCUT2D eigenvalue weighted by atomic mass is 10.1. The van der Waals surface area contributed by atoms with Crippen molar-refractivity contribution in [3.05, 3.63) is 64.7 Å². The van der Waals surface area contributed by atoms with E-state index in [-0.39, 0.29) is 30.8 Å². The molecule has 0 unspecified atom stereocenters. The van der Waals surface area contributed by atoms with E-state index in [1.54, 1.807) is 11.0 Å². The molecule has 0 radical (unpaired) electrons. The van der Waals surface area contributed by atoms with Crippen LogP contribution >= 0.6 is 0 Å². The van der Waals surface area contributed by atoms with E-state index in [2.05, 4.69) is 5.32 Å². The van der Waals surface area contributed by atoms with Crippen molar-refractivity contribution < 1.29 is 18.0 Å². The van der Waals surface area contributed by atoms with Gasteiger partial charge in [-0.25, -0.2) is 8.42 Å². The number of nitrogens with zero attached hydrogens (tertiary/aromatic N) is 2. The fourth-order valence-electron chi connectivity index (χ4n) is 4.25. The Kier molecular flexibility index (Phi) is 11.2. The molecule has 0 spiro atoms. The summed E-state index contributed by atoms with van der Waals surface area (Å²) in [6, 6.07) is 12.9. The van der Waals surface area contributed by atoms with Crippen molar-refractivity contribution >= 4 is 27.5 Å². The normalized spacial score (nSPS) is 13.1. The van der Waals surface area contributed by atoms with Crippen molar-refractivity contribution in [2.45, 2.75) is 85.9 Å². The second-order valence-electron chi connectivity index (χ2n) is 9.96. The van der Waals surface area contributed by atoms with E-state index in [4.69, 9.17) is 0 Å². The summed E-state index contributed by atoms with van der Waals surface area (Å²) >= 11 is 0. The maximum absolute atomic E-state index is 13.5. The third kappa shape index (κ3) is 8.88. The molecule has 2 rings (SSSR count). The first-order valence-corrected chi connectivity index (χ1v) is 14.9. The lowest BCUT2D eigenvalue weighted by Gasteiger charge is -2.32. The predicted octanol–water partition coefficient (Wildman–Crippen LogP) is 4.88. The van der Waals surface area contributed by atoms with Crippen LogP contribution in [0.4, 0.5) is 5.69 Å². The van der Waals surface area contributed by atoms with Crippen LogP contribution in [0.25, 0.3) is 0 Å². The van der Waals surface area contributed by atoms with Gasteiger partial charge in [-0.1, -0.05) is 49.7 Å². The number of anilines is 1. The molecule has 0 aromatic heterocycles. The average Bonchev–Trinajstić information content (AvgIpc) is 2.82. The van der Waals surface area contributed by atoms with Crippen LogP contribution in [-0.4, -0.2) is 50.0 Å². The number of carbonyl (C=O) groups excluding carboxylic acids is 2. The maximum Gasteiger partial charge on any atom is 0.243 e. The first kappa shape index (κ1) is 30.4. The molecular formula is C29H43N3O4S. The molecule has 1 N–H and O–H groups in total. The summed E-state index contributed by atoms with van der Waals surface area (Å²) in [4.78, 5) is 28.3. The number of rotatable bonds is 13. The SMILES string of the molecule is CC[C@H](C(=O)N[C@@H](C)CC)N(Cc1cccc(C)c1)C(=O)CCCN(c1ccc(C)c(C)c1)S(C)(=O)=O. The number of aryl methyl sites for hydroxylation is 3. The van der Waals surface area contributed by atoms with Gasteiger partial charge in [0.15, 0.2) is 0 Å². The highest BCUT2D eigenvalue weighted by Crippen LogP contribution is 2.22. The van der Waals surface area contributed by atoms with Crippen LogP contribution in [0.5, 0.6) is 0 Å². The van der Waals surface area contributed by atoms with Gasteiger partial charge in [-0.2, -0.15) is 0 Å². The molecule has 0 aliphatic rings. The average molecular weight is 530 g/mol. The summed E-state index contributed by atoms with van der Waals surface area (Å²) in [6.45, 7) is 12.3. The summed E-state index contributed by atoms with van der Waals surface area (Å²) < 4.78 is 26.5. The molecule has 0 heterocycles. The summed E-state index contributed by atoms with van der Waals surface area (Å²) in [5.41, 5.74) is 4.72. The molecule has 2 aromatic carbocycles. The minimum absolute atomic E-state index is 0.0127. The Labute approximate surface area is 223 Å². The molecule has 7 nitrogen and oxygen atoms in total. The van der Waals surface area contributed by atoms with Gasteiger partial charge in [0, 0.05) is 25.6 Å². The molecule has 0 saturated carbocycles. The Bertz CT molecular complexity index is 1180. The van der Waals surface area contributed by atoms with E-state index in [1.165, 1.54) is 10.6 Å². The fourth-order valence-corrected chi connectivity index (χ4v) is 5.21. The van der Waals surface area contributed by atoms with Crippen LogP contribution in [-0.2, 0) is 26.2 Å². The Balaban J connectivity index is 2.24. The van der Waals surface area contributed by atoms with Crippen molar-refractivity contribution in [3.8, 4) is 0 Å². The first-order valence-electron chi connectivity index (χ1n) is 13.1. The highest BCUT2D eigenvalue weighted by Gasteiger charge is 2.29. The molecule has 2 aromatic rings. The topological polar surface area (TPSA) is 86.8 Å². The third-order valence-electron chi connectivity index (χ3n) is 6.75. The second-order valence-corrected chi connectivity index (χ2v) is 11.9. The van der Waals surface area contributed by atoms with Gasteiger partial charge in [-0.05, 0) is 75.8 Å². The van der Waals surface area contributed by atoms with E-state index in [1.807, 2.05) is 77.9 Å². The predicted molar refractivity (Wildman–Crippen MR) is 151 cm³/mol. The van der Waals surface area contributed by atoms with E-state index in [9.17, 15) is 18.0 Å². The van der Waals surface area contributed by atoms with Crippen LogP contribution < -0.4 is 9.62 Å². The lowest BCUT2D eigenvalue weighted by Crippen LogP contribution is -2.50. The summed E-state index contributed by atoms with van der Waals surface area (Å²) in [6.07, 6.45) is 2.94. The molecule has 0 aliphatic heterocycles. The van der Waals surface area contributed by atoms with Gasteiger partial charge in [0.25, 0.3) is 0 Å². The Hall–Kier alpha value is -2.87. The molecule has 0 bridgehead atoms. The number of sulfonamides is 1. The molecule has 0 saturated heterocycles. The molecule has 37 heavy (non-hydrogen) atoms. The van der Waals surface area contributed by atoms with Gasteiger partial charge >= 0.3 is 0 Å². The molecule has 8 heteroatoms. The van der Waals surface area contributed by atoms with E-state index in [0.717, 1.165) is 28.7 Å². The van der Waals surface area contributed by atoms with E-state index in [0.29, 0.717) is 25.1 Å². The Morgan fingerprint density at radius 1 is 0.973 bits per heavy atom. The number of carbonyl (C=O) groups is 2. The quantitative estimate of drug-likeness (QED) is 0.401. The van der Waals surface area contributed by atoms with Crippen molar-refractivity contribution in [3.63, 3.8) is 0 Å². The van der Waals surface area contributed by atoms with Crippen molar-refractivity contribution in [2.24, 2.45) is 0 Å². The van der Waals surface area contributed by atoms with Crippen molar-refractivity contribution in [1.82, 2.24) is 10.2 Å². The zero-order valence-electron chi connectivity index (χ0n) is 23.4. The monoisotopic (exact) mass is 529 g/mol. The van der Waals surface area contributed by atoms with Crippen LogP contribution in [0, 0.1) is 20.8 Å². The zero-order valence-corrected chi connectivity index (χ0v) is 24.2. The lowest BCUT2D eigenvalue weighted by molar-refractivity contribution is -0.141. The highest BCUT2D eigenvalue weighted by atomic mass is 32.2. The Morgan fingerprint density at radius 3 is 2.24 bits per heavy atom. The summed E-state index contributed by atoms with van der Waals surface area (Å²) in [5, 5.41) is 3.02. The van der Waals surface area contributed by atoms with E-state index < -0.39 is 16.1 Å². The fraction of sp³-hybridized carbons (Fsp3) is 0.517. The van der Waals surface area contributed by atoms with Gasteiger partial charge in [0.1, 0.15) is 6.04 Å². The van der Waals surface area contributed by atoms with Gasteiger partial charge in [-0.15, -0.1) is 0 Å². The molecular weight excluding hydrogens is 486 g/mol. The van der Waals surface area contributed by atoms with Crippen molar-refractivity contribution in [2.75, 3.05) is 17.1 Å². The molecule has 204 valence electrons. The van der Waals surface area contributed by atoms with Gasteiger partial charge in [0.05, 0.1) is 11.9 Å². The molecule has 2 atom stereocenters. The molecule has 2 amide bonds. The third-order valence-corrected chi connectivity index (χ3v) is 7.95. The van der Waals surface area contributed by atoms with Crippen LogP contribution in [0.3, 0.4) is 0 Å². The smallest absolute Gasteiger partial charge is 0.243 e. The number of nitrogens with one attached hydrogen (secondary N) is 1. The minimum Gasteiger partial charge on any atom is -0.352 e. The maximum atomic E-state index is 13.5. The standard InChI is InChI=1S/C29H43N3O4S/c1-8-24(6)30-29(34)27(9-2)31(20-25-13-10-12-21(3)18-25)28(33)14-11-17-32(37(7,35)36)26-16-15-22(4)23(5)19-26/h10,12-13,15-16,18-19,24,27H,8-9,11,14,17,20H2,1-7H3,(H,30,34)/t24-,27+/m0/s1. The minimum atomic E-state index is -3.53. The number of amides is 2. The van der Waals surface area contributed by atoms with Gasteiger partial charge in [-0.3, -0.25) is 13.9 Å². The summed E-state index contributed by atoms with van der Waals surface area (Å²) in [5.74, 6) is -0.327. The first-order chi connectivity index (χ1) is 17.4. The van der Waals surface area contributed by atoms with Gasteiger partial charge in [0.2, 0.25) is 21.8 Å².